The lowest BCUT2D eigenvalue weighted by Crippen LogP contribution is -2.51. The lowest BCUT2D eigenvalue weighted by atomic mass is 9.72. The van der Waals surface area contributed by atoms with Crippen molar-refractivity contribution in [2.45, 2.75) is 42.9 Å². The molecule has 29 heavy (non-hydrogen) atoms. The summed E-state index contributed by atoms with van der Waals surface area (Å²) in [6.07, 6.45) is 3.10. The molecule has 0 unspecified atom stereocenters. The van der Waals surface area contributed by atoms with E-state index in [1.165, 1.54) is 0 Å². The molecule has 0 saturated carbocycles. The van der Waals surface area contributed by atoms with Crippen LogP contribution in [0.5, 0.6) is 0 Å². The fraction of sp³-hybridized carbons (Fsp3) is 0.318. The summed E-state index contributed by atoms with van der Waals surface area (Å²) in [6.45, 7) is 1.93. The number of piperidine rings is 1. The van der Waals surface area contributed by atoms with E-state index in [9.17, 15) is 18.6 Å². The molecule has 1 aliphatic rings. The molecule has 7 heteroatoms. The maximum atomic E-state index is 12.5. The molecule has 1 aliphatic heterocycles. The predicted molar refractivity (Wildman–Crippen MR) is 112 cm³/mol. The van der Waals surface area contributed by atoms with Gasteiger partial charge in [0.15, 0.2) is 0 Å². The van der Waals surface area contributed by atoms with Crippen LogP contribution >= 0.6 is 0 Å². The van der Waals surface area contributed by atoms with E-state index in [0.29, 0.717) is 29.8 Å². The number of anilines is 1. The standard InChI is InChI=1S/C22H24N2O4S/c1-3-22(13-12-19(25)24-21(22)27)16-8-10-17(11-9-16)23-20(26)14-15-6-4-5-7-18(15)29(2)28/h4-11H,3,12-14H2,1-2H3,(H,23,26)(H,24,25,27)/t22-,29+/m0/s1. The number of imide groups is 1. The minimum Gasteiger partial charge on any atom is -0.326 e. The molecule has 3 amide bonds. The molecule has 0 aliphatic carbocycles. The van der Waals surface area contributed by atoms with E-state index >= 15 is 0 Å². The van der Waals surface area contributed by atoms with Crippen molar-refractivity contribution in [1.29, 1.82) is 0 Å². The number of rotatable bonds is 6. The van der Waals surface area contributed by atoms with Crippen molar-refractivity contribution in [3.05, 3.63) is 59.7 Å². The Balaban J connectivity index is 1.72. The van der Waals surface area contributed by atoms with Gasteiger partial charge >= 0.3 is 0 Å². The Hall–Kier alpha value is -2.80. The zero-order valence-electron chi connectivity index (χ0n) is 16.5. The SMILES string of the molecule is CC[C@@]1(c2ccc(NC(=O)Cc3ccccc3[S@@](C)=O)cc2)CCC(=O)NC1=O. The van der Waals surface area contributed by atoms with Crippen molar-refractivity contribution >= 4 is 34.2 Å². The first-order valence-corrected chi connectivity index (χ1v) is 11.1. The summed E-state index contributed by atoms with van der Waals surface area (Å²) >= 11 is 0. The maximum absolute atomic E-state index is 12.5. The second kappa shape index (κ2) is 8.69. The van der Waals surface area contributed by atoms with Gasteiger partial charge < -0.3 is 5.32 Å². The van der Waals surface area contributed by atoms with Crippen molar-refractivity contribution in [2.75, 3.05) is 11.6 Å². The zero-order valence-corrected chi connectivity index (χ0v) is 17.3. The topological polar surface area (TPSA) is 92.3 Å². The normalized spacial score (nSPS) is 20.1. The summed E-state index contributed by atoms with van der Waals surface area (Å²) in [5.74, 6) is -0.713. The van der Waals surface area contributed by atoms with Gasteiger partial charge in [0.2, 0.25) is 17.7 Å². The summed E-state index contributed by atoms with van der Waals surface area (Å²) in [5.41, 5.74) is 1.46. The first-order chi connectivity index (χ1) is 13.9. The predicted octanol–water partition coefficient (Wildman–Crippen LogP) is 2.69. The minimum absolute atomic E-state index is 0.126. The van der Waals surface area contributed by atoms with Gasteiger partial charge in [0.25, 0.3) is 0 Å². The molecule has 0 spiro atoms. The third-order valence-electron chi connectivity index (χ3n) is 5.42. The molecule has 2 aromatic rings. The highest BCUT2D eigenvalue weighted by atomic mass is 32.2. The van der Waals surface area contributed by atoms with Gasteiger partial charge in [-0.3, -0.25) is 23.9 Å². The minimum atomic E-state index is -1.16. The smallest absolute Gasteiger partial charge is 0.237 e. The number of carbonyl (C=O) groups is 3. The number of hydrogen-bond acceptors (Lipinski definition) is 4. The van der Waals surface area contributed by atoms with E-state index in [4.69, 9.17) is 0 Å². The molecule has 0 bridgehead atoms. The monoisotopic (exact) mass is 412 g/mol. The Morgan fingerprint density at radius 3 is 2.45 bits per heavy atom. The van der Waals surface area contributed by atoms with E-state index in [1.807, 2.05) is 25.1 Å². The van der Waals surface area contributed by atoms with E-state index < -0.39 is 16.2 Å². The van der Waals surface area contributed by atoms with Gasteiger partial charge in [-0.05, 0) is 42.2 Å². The summed E-state index contributed by atoms with van der Waals surface area (Å²) in [7, 11) is -1.16. The second-order valence-electron chi connectivity index (χ2n) is 7.18. The molecule has 2 atom stereocenters. The molecular weight excluding hydrogens is 388 g/mol. The quantitative estimate of drug-likeness (QED) is 0.714. The van der Waals surface area contributed by atoms with Gasteiger partial charge in [0.1, 0.15) is 0 Å². The van der Waals surface area contributed by atoms with E-state index in [-0.39, 0.29) is 24.1 Å². The number of nitrogens with one attached hydrogen (secondary N) is 2. The van der Waals surface area contributed by atoms with Crippen LogP contribution in [0.25, 0.3) is 0 Å². The third-order valence-corrected chi connectivity index (χ3v) is 6.44. The van der Waals surface area contributed by atoms with Crippen LogP contribution < -0.4 is 10.6 Å². The Morgan fingerprint density at radius 2 is 1.83 bits per heavy atom. The Kier molecular flexibility index (Phi) is 6.27. The first-order valence-electron chi connectivity index (χ1n) is 9.52. The molecule has 2 N–H and O–H groups in total. The molecule has 1 saturated heterocycles. The highest BCUT2D eigenvalue weighted by Crippen LogP contribution is 2.36. The van der Waals surface area contributed by atoms with Gasteiger partial charge in [0.05, 0.1) is 22.6 Å². The van der Waals surface area contributed by atoms with Crippen LogP contribution in [0.15, 0.2) is 53.4 Å². The van der Waals surface area contributed by atoms with Gasteiger partial charge in [-0.25, -0.2) is 0 Å². The Labute approximate surface area is 172 Å². The lowest BCUT2D eigenvalue weighted by molar-refractivity contribution is -0.138. The Morgan fingerprint density at radius 1 is 1.14 bits per heavy atom. The molecular formula is C22H24N2O4S. The zero-order chi connectivity index (χ0) is 21.0. The van der Waals surface area contributed by atoms with Crippen LogP contribution in [0.3, 0.4) is 0 Å². The van der Waals surface area contributed by atoms with Gasteiger partial charge in [-0.1, -0.05) is 37.3 Å². The summed E-state index contributed by atoms with van der Waals surface area (Å²) < 4.78 is 11.8. The molecule has 0 radical (unpaired) electrons. The molecule has 0 aromatic heterocycles. The van der Waals surface area contributed by atoms with Crippen molar-refractivity contribution in [1.82, 2.24) is 5.32 Å². The van der Waals surface area contributed by atoms with Crippen LogP contribution in [0.2, 0.25) is 0 Å². The van der Waals surface area contributed by atoms with E-state index in [1.54, 1.807) is 36.6 Å². The van der Waals surface area contributed by atoms with Crippen LogP contribution in [0, 0.1) is 0 Å². The number of benzene rings is 2. The highest BCUT2D eigenvalue weighted by Gasteiger charge is 2.42. The van der Waals surface area contributed by atoms with E-state index in [0.717, 1.165) is 11.1 Å². The third kappa shape index (κ3) is 4.45. The maximum Gasteiger partial charge on any atom is 0.237 e. The fourth-order valence-corrected chi connectivity index (χ4v) is 4.53. The highest BCUT2D eigenvalue weighted by molar-refractivity contribution is 7.84. The van der Waals surface area contributed by atoms with Gasteiger partial charge in [-0.2, -0.15) is 0 Å². The molecule has 2 aromatic carbocycles. The van der Waals surface area contributed by atoms with Crippen LogP contribution in [0.1, 0.15) is 37.3 Å². The number of amides is 3. The molecule has 6 nitrogen and oxygen atoms in total. The van der Waals surface area contributed by atoms with Crippen LogP contribution in [0.4, 0.5) is 5.69 Å². The van der Waals surface area contributed by atoms with Crippen molar-refractivity contribution in [3.63, 3.8) is 0 Å². The van der Waals surface area contributed by atoms with Crippen molar-refractivity contribution in [3.8, 4) is 0 Å². The number of carbonyl (C=O) groups excluding carboxylic acids is 3. The first kappa shape index (κ1) is 20.9. The summed E-state index contributed by atoms with van der Waals surface area (Å²) in [4.78, 5) is 37.1. The second-order valence-corrected chi connectivity index (χ2v) is 8.53. The lowest BCUT2D eigenvalue weighted by Gasteiger charge is -2.35. The van der Waals surface area contributed by atoms with Crippen LogP contribution in [-0.2, 0) is 37.0 Å². The van der Waals surface area contributed by atoms with Crippen LogP contribution in [-0.4, -0.2) is 28.2 Å². The molecule has 152 valence electrons. The fourth-order valence-electron chi connectivity index (χ4n) is 3.75. The summed E-state index contributed by atoms with van der Waals surface area (Å²) in [5, 5.41) is 5.28. The Bertz CT molecular complexity index is 971. The molecule has 1 fully saturated rings. The van der Waals surface area contributed by atoms with Crippen molar-refractivity contribution < 1.29 is 18.6 Å². The average Bonchev–Trinajstić information content (AvgIpc) is 2.69. The van der Waals surface area contributed by atoms with Crippen molar-refractivity contribution in [2.24, 2.45) is 0 Å². The summed E-state index contributed by atoms with van der Waals surface area (Å²) in [6, 6.07) is 14.3. The van der Waals surface area contributed by atoms with Gasteiger partial charge in [-0.15, -0.1) is 0 Å². The molecule has 3 rings (SSSR count). The largest absolute Gasteiger partial charge is 0.326 e. The van der Waals surface area contributed by atoms with E-state index in [2.05, 4.69) is 10.6 Å². The van der Waals surface area contributed by atoms with Gasteiger partial charge in [0, 0.05) is 23.3 Å². The number of hydrogen-bond donors (Lipinski definition) is 2. The molecule has 1 heterocycles. The average molecular weight is 413 g/mol.